The highest BCUT2D eigenvalue weighted by Crippen LogP contribution is 2.22. The number of carbonyl (C=O) groups is 2. The molecule has 2 rings (SSSR count). The van der Waals surface area contributed by atoms with Crippen LogP contribution in [0.2, 0.25) is 0 Å². The Bertz CT molecular complexity index is 841. The molecule has 1 aromatic carbocycles. The van der Waals surface area contributed by atoms with Gasteiger partial charge in [-0.25, -0.2) is 4.79 Å². The Balaban J connectivity index is 2.20. The summed E-state index contributed by atoms with van der Waals surface area (Å²) < 4.78 is 1.03. The zero-order chi connectivity index (χ0) is 17.7. The number of benzene rings is 1. The number of nitrogens with one attached hydrogen (secondary N) is 2. The quantitative estimate of drug-likeness (QED) is 0.694. The topological polar surface area (TPSA) is 121 Å². The molecule has 8 nitrogen and oxygen atoms in total. The number of carbonyl (C=O) groups excluding carboxylic acids is 1. The largest absolute Gasteiger partial charge is 0.481 e. The summed E-state index contributed by atoms with van der Waals surface area (Å²) in [4.78, 5) is 48.2. The summed E-state index contributed by atoms with van der Waals surface area (Å²) in [7, 11) is 0. The molecule has 0 fully saturated rings. The number of rotatable bonds is 6. The first-order valence-corrected chi connectivity index (χ1v) is 7.25. The minimum absolute atomic E-state index is 0.328. The lowest BCUT2D eigenvalue weighted by molar-refractivity contribution is -0.142. The first-order valence-electron chi connectivity index (χ1n) is 7.25. The van der Waals surface area contributed by atoms with E-state index in [0.717, 1.165) is 10.6 Å². The highest BCUT2D eigenvalue weighted by Gasteiger charge is 2.26. The van der Waals surface area contributed by atoms with Crippen LogP contribution in [0.15, 0.2) is 52.2 Å². The summed E-state index contributed by atoms with van der Waals surface area (Å²) in [6.07, 6.45) is 1.21. The van der Waals surface area contributed by atoms with Gasteiger partial charge in [0.1, 0.15) is 6.54 Å². The van der Waals surface area contributed by atoms with Gasteiger partial charge in [0.25, 0.3) is 5.56 Å². The summed E-state index contributed by atoms with van der Waals surface area (Å²) in [6.45, 7) is 1.16. The average Bonchev–Trinajstić information content (AvgIpc) is 2.55. The monoisotopic (exact) mass is 331 g/mol. The lowest BCUT2D eigenvalue weighted by Crippen LogP contribution is -2.40. The molecule has 24 heavy (non-hydrogen) atoms. The van der Waals surface area contributed by atoms with Crippen LogP contribution in [0.1, 0.15) is 18.5 Å². The third-order valence-corrected chi connectivity index (χ3v) is 3.58. The third kappa shape index (κ3) is 4.19. The Morgan fingerprint density at radius 3 is 2.46 bits per heavy atom. The van der Waals surface area contributed by atoms with Gasteiger partial charge in [-0.1, -0.05) is 30.3 Å². The first kappa shape index (κ1) is 17.2. The van der Waals surface area contributed by atoms with Gasteiger partial charge in [0, 0.05) is 12.3 Å². The molecule has 0 aliphatic rings. The number of hydrogen-bond donors (Lipinski definition) is 3. The molecular weight excluding hydrogens is 314 g/mol. The van der Waals surface area contributed by atoms with Crippen LogP contribution in [-0.2, 0) is 16.1 Å². The summed E-state index contributed by atoms with van der Waals surface area (Å²) in [5.41, 5.74) is -0.618. The summed E-state index contributed by atoms with van der Waals surface area (Å²) in [5.74, 6) is -2.44. The van der Waals surface area contributed by atoms with Gasteiger partial charge in [0.2, 0.25) is 5.91 Å². The number of carboxylic acid groups (broad SMARTS) is 1. The average molecular weight is 331 g/mol. The van der Waals surface area contributed by atoms with Crippen molar-refractivity contribution in [3.63, 3.8) is 0 Å². The molecule has 2 aromatic rings. The van der Waals surface area contributed by atoms with Gasteiger partial charge >= 0.3 is 11.7 Å². The van der Waals surface area contributed by atoms with Crippen LogP contribution in [0.4, 0.5) is 0 Å². The fraction of sp³-hybridized carbons (Fsp3) is 0.250. The molecule has 0 saturated carbocycles. The molecule has 1 heterocycles. The summed E-state index contributed by atoms with van der Waals surface area (Å²) >= 11 is 0. The molecule has 0 saturated heterocycles. The molecular formula is C16H17N3O5. The fourth-order valence-corrected chi connectivity index (χ4v) is 2.24. The number of aromatic nitrogens is 2. The van der Waals surface area contributed by atoms with Gasteiger partial charge in [-0.05, 0) is 12.5 Å². The van der Waals surface area contributed by atoms with E-state index in [9.17, 15) is 24.3 Å². The molecule has 2 unspecified atom stereocenters. The van der Waals surface area contributed by atoms with Crippen LogP contribution in [0, 0.1) is 5.92 Å². The van der Waals surface area contributed by atoms with Gasteiger partial charge in [-0.15, -0.1) is 0 Å². The maximum absolute atomic E-state index is 12.2. The SMILES string of the molecule is CC(C(=O)O)C(NC(=O)Cn1ccc(=O)[nH]c1=O)c1ccccc1. The van der Waals surface area contributed by atoms with Crippen LogP contribution in [0.25, 0.3) is 0 Å². The number of aromatic amines is 1. The summed E-state index contributed by atoms with van der Waals surface area (Å²) in [5, 5.41) is 11.9. The molecule has 1 amide bonds. The Labute approximate surface area is 136 Å². The van der Waals surface area contributed by atoms with Crippen LogP contribution < -0.4 is 16.6 Å². The summed E-state index contributed by atoms with van der Waals surface area (Å²) in [6, 6.07) is 9.10. The van der Waals surface area contributed by atoms with Crippen molar-refractivity contribution in [3.05, 3.63) is 69.0 Å². The predicted octanol–water partition coefficient (Wildman–Crippen LogP) is 0.115. The van der Waals surface area contributed by atoms with Crippen molar-refractivity contribution in [3.8, 4) is 0 Å². The van der Waals surface area contributed by atoms with E-state index in [1.54, 1.807) is 30.3 Å². The maximum Gasteiger partial charge on any atom is 0.328 e. The van der Waals surface area contributed by atoms with Gasteiger partial charge in [-0.3, -0.25) is 23.9 Å². The van der Waals surface area contributed by atoms with Gasteiger partial charge in [0.15, 0.2) is 0 Å². The van der Waals surface area contributed by atoms with E-state index in [0.29, 0.717) is 5.56 Å². The molecule has 0 radical (unpaired) electrons. The fourth-order valence-electron chi connectivity index (χ4n) is 2.24. The van der Waals surface area contributed by atoms with Gasteiger partial charge in [0.05, 0.1) is 12.0 Å². The van der Waals surface area contributed by atoms with Crippen molar-refractivity contribution in [1.82, 2.24) is 14.9 Å². The number of carboxylic acids is 1. The molecule has 2 atom stereocenters. The van der Waals surface area contributed by atoms with E-state index < -0.39 is 35.1 Å². The Hall–Kier alpha value is -3.16. The van der Waals surface area contributed by atoms with Crippen LogP contribution in [-0.4, -0.2) is 26.5 Å². The van der Waals surface area contributed by atoms with Crippen molar-refractivity contribution in [2.75, 3.05) is 0 Å². The third-order valence-electron chi connectivity index (χ3n) is 3.58. The van der Waals surface area contributed by atoms with E-state index in [2.05, 4.69) is 5.32 Å². The molecule has 3 N–H and O–H groups in total. The highest BCUT2D eigenvalue weighted by atomic mass is 16.4. The number of H-pyrrole nitrogens is 1. The molecule has 8 heteroatoms. The lowest BCUT2D eigenvalue weighted by atomic mass is 9.94. The van der Waals surface area contributed by atoms with Crippen LogP contribution in [0.3, 0.4) is 0 Å². The van der Waals surface area contributed by atoms with E-state index >= 15 is 0 Å². The van der Waals surface area contributed by atoms with E-state index in [-0.39, 0.29) is 6.54 Å². The minimum atomic E-state index is -1.05. The molecule has 1 aromatic heterocycles. The predicted molar refractivity (Wildman–Crippen MR) is 85.4 cm³/mol. The Morgan fingerprint density at radius 1 is 1.21 bits per heavy atom. The van der Waals surface area contributed by atoms with E-state index in [1.807, 2.05) is 4.98 Å². The van der Waals surface area contributed by atoms with Crippen molar-refractivity contribution in [1.29, 1.82) is 0 Å². The second-order valence-corrected chi connectivity index (χ2v) is 5.32. The van der Waals surface area contributed by atoms with Gasteiger partial charge < -0.3 is 10.4 Å². The van der Waals surface area contributed by atoms with Crippen molar-refractivity contribution in [2.24, 2.45) is 5.92 Å². The zero-order valence-corrected chi connectivity index (χ0v) is 12.9. The van der Waals surface area contributed by atoms with E-state index in [1.165, 1.54) is 13.1 Å². The molecule has 0 bridgehead atoms. The van der Waals surface area contributed by atoms with Crippen molar-refractivity contribution >= 4 is 11.9 Å². The maximum atomic E-state index is 12.2. The zero-order valence-electron chi connectivity index (χ0n) is 12.9. The number of nitrogens with zero attached hydrogens (tertiary/aromatic N) is 1. The van der Waals surface area contributed by atoms with Crippen LogP contribution in [0.5, 0.6) is 0 Å². The van der Waals surface area contributed by atoms with Gasteiger partial charge in [-0.2, -0.15) is 0 Å². The minimum Gasteiger partial charge on any atom is -0.481 e. The second kappa shape index (κ2) is 7.40. The standard InChI is InChI=1S/C16H17N3O5/c1-10(15(22)23)14(11-5-3-2-4-6-11)17-13(21)9-19-8-7-12(20)18-16(19)24/h2-8,10,14H,9H2,1H3,(H,17,21)(H,22,23)(H,18,20,24). The molecule has 126 valence electrons. The first-order chi connectivity index (χ1) is 11.4. The smallest absolute Gasteiger partial charge is 0.328 e. The second-order valence-electron chi connectivity index (χ2n) is 5.32. The van der Waals surface area contributed by atoms with Crippen LogP contribution >= 0.6 is 0 Å². The molecule has 0 aliphatic heterocycles. The molecule has 0 aliphatic carbocycles. The molecule has 0 spiro atoms. The number of aliphatic carboxylic acids is 1. The Morgan fingerprint density at radius 2 is 1.88 bits per heavy atom. The number of hydrogen-bond acceptors (Lipinski definition) is 4. The van der Waals surface area contributed by atoms with Crippen molar-refractivity contribution in [2.45, 2.75) is 19.5 Å². The Kier molecular flexibility index (Phi) is 5.31. The highest BCUT2D eigenvalue weighted by molar-refractivity contribution is 5.78. The van der Waals surface area contributed by atoms with E-state index in [4.69, 9.17) is 0 Å². The lowest BCUT2D eigenvalue weighted by Gasteiger charge is -2.23. The normalized spacial score (nSPS) is 13.0. The van der Waals surface area contributed by atoms with Crippen molar-refractivity contribution < 1.29 is 14.7 Å². The number of amides is 1.